The first-order chi connectivity index (χ1) is 8.05. The summed E-state index contributed by atoms with van der Waals surface area (Å²) < 4.78 is 5.63. The molecule has 0 aromatic heterocycles. The van der Waals surface area contributed by atoms with Crippen LogP contribution in [0.3, 0.4) is 0 Å². The van der Waals surface area contributed by atoms with Crippen LogP contribution in [0.15, 0.2) is 0 Å². The van der Waals surface area contributed by atoms with Crippen molar-refractivity contribution in [3.8, 4) is 0 Å². The van der Waals surface area contributed by atoms with E-state index in [1.165, 1.54) is 0 Å². The minimum Gasteiger partial charge on any atom is -0.519 e. The summed E-state index contributed by atoms with van der Waals surface area (Å²) in [4.78, 5) is 15.7. The average molecular weight is 308 g/mol. The summed E-state index contributed by atoms with van der Waals surface area (Å²) in [5.74, 6) is 2.07. The highest BCUT2D eigenvalue weighted by atomic mass is 32.2. The third-order valence-corrected chi connectivity index (χ3v) is 5.01. The Hall–Kier alpha value is 0.214. The summed E-state index contributed by atoms with van der Waals surface area (Å²) in [6.07, 6.45) is 0.867. The van der Waals surface area contributed by atoms with Gasteiger partial charge < -0.3 is 9.41 Å². The molecule has 6 heteroatoms. The molecular weight excluding hydrogens is 278 g/mol. The van der Waals surface area contributed by atoms with Crippen LogP contribution in [-0.2, 0) is 9.22 Å². The molecule has 0 bridgehead atoms. The van der Waals surface area contributed by atoms with E-state index in [-0.39, 0.29) is 12.0 Å². The molecule has 0 aromatic rings. The van der Waals surface area contributed by atoms with Gasteiger partial charge in [0.1, 0.15) is 8.24 Å². The second-order valence-corrected chi connectivity index (χ2v) is 17.1. The summed E-state index contributed by atoms with van der Waals surface area (Å²) >= 11 is 1.88. The molecule has 0 aromatic carbocycles. The number of hydrogen-bond donors (Lipinski definition) is 1. The van der Waals surface area contributed by atoms with Crippen molar-refractivity contribution < 1.29 is 9.22 Å². The minimum atomic E-state index is -1.79. The van der Waals surface area contributed by atoms with Gasteiger partial charge in [-0.15, -0.1) is 0 Å². The lowest BCUT2D eigenvalue weighted by molar-refractivity contribution is -0.137. The highest BCUT2D eigenvalue weighted by Gasteiger charge is 2.29. The maximum absolute atomic E-state index is 12.2. The summed E-state index contributed by atoms with van der Waals surface area (Å²) in [5, 5.41) is 0. The first-order valence-corrected chi connectivity index (χ1v) is 14.7. The zero-order chi connectivity index (χ0) is 14.4. The molecule has 0 aliphatic rings. The fourth-order valence-corrected chi connectivity index (χ4v) is 4.23. The minimum absolute atomic E-state index is 0.0479. The molecule has 3 nitrogen and oxygen atoms in total. The molecule has 0 aliphatic carbocycles. The van der Waals surface area contributed by atoms with E-state index in [1.807, 2.05) is 11.8 Å². The van der Waals surface area contributed by atoms with Crippen LogP contribution in [0.25, 0.3) is 0 Å². The smallest absolute Gasteiger partial charge is 0.309 e. The van der Waals surface area contributed by atoms with E-state index in [0.29, 0.717) is 0 Å². The van der Waals surface area contributed by atoms with E-state index in [9.17, 15) is 4.79 Å². The van der Waals surface area contributed by atoms with E-state index in [1.54, 1.807) is 0 Å². The molecule has 0 saturated carbocycles. The highest BCUT2D eigenvalue weighted by molar-refractivity contribution is 7.99. The van der Waals surface area contributed by atoms with Crippen molar-refractivity contribution in [2.75, 3.05) is 11.5 Å². The molecule has 18 heavy (non-hydrogen) atoms. The van der Waals surface area contributed by atoms with Crippen LogP contribution in [0, 0.1) is 0 Å². The average Bonchev–Trinajstić information content (AvgIpc) is 2.11. The molecule has 0 rings (SSSR count). The fourth-order valence-electron chi connectivity index (χ4n) is 1.49. The van der Waals surface area contributed by atoms with Gasteiger partial charge in [-0.1, -0.05) is 26.6 Å². The Morgan fingerprint density at radius 1 is 1.22 bits per heavy atom. The van der Waals surface area contributed by atoms with E-state index < -0.39 is 16.6 Å². The highest BCUT2D eigenvalue weighted by Crippen LogP contribution is 2.12. The summed E-state index contributed by atoms with van der Waals surface area (Å²) in [5.41, 5.74) is 0. The number of thioether (sulfide) groups is 1. The van der Waals surface area contributed by atoms with Crippen molar-refractivity contribution in [1.82, 2.24) is 4.98 Å². The standard InChI is InChI=1S/C12H29NO2SSi2/c1-8-16-10-9-11(13-17(2,3)4)12(14)15-18(5,6)7/h11,13H,8-10H2,1-7H3/t11-/m1/s1. The Morgan fingerprint density at radius 3 is 2.17 bits per heavy atom. The summed E-state index contributed by atoms with van der Waals surface area (Å²) in [7, 11) is -3.25. The molecule has 0 saturated heterocycles. The molecule has 0 radical (unpaired) electrons. The van der Waals surface area contributed by atoms with Gasteiger partial charge in [0.15, 0.2) is 0 Å². The lowest BCUT2D eigenvalue weighted by atomic mass is 10.2. The van der Waals surface area contributed by atoms with Crippen LogP contribution >= 0.6 is 11.8 Å². The van der Waals surface area contributed by atoms with Crippen molar-refractivity contribution in [1.29, 1.82) is 0 Å². The first kappa shape index (κ1) is 18.2. The lowest BCUT2D eigenvalue weighted by Crippen LogP contribution is -2.53. The van der Waals surface area contributed by atoms with Crippen molar-refractivity contribution in [3.05, 3.63) is 0 Å². The monoisotopic (exact) mass is 307 g/mol. The van der Waals surface area contributed by atoms with Crippen LogP contribution in [0.4, 0.5) is 0 Å². The molecule has 0 aliphatic heterocycles. The maximum atomic E-state index is 12.2. The van der Waals surface area contributed by atoms with Crippen molar-refractivity contribution >= 4 is 34.3 Å². The zero-order valence-electron chi connectivity index (χ0n) is 12.9. The van der Waals surface area contributed by atoms with Gasteiger partial charge in [0, 0.05) is 0 Å². The van der Waals surface area contributed by atoms with Gasteiger partial charge in [-0.05, 0) is 37.6 Å². The van der Waals surface area contributed by atoms with Gasteiger partial charge in [-0.3, -0.25) is 4.79 Å². The third kappa shape index (κ3) is 10.2. The summed E-state index contributed by atoms with van der Waals surface area (Å²) in [6, 6.07) is -0.123. The second kappa shape index (κ2) is 7.72. The van der Waals surface area contributed by atoms with Gasteiger partial charge in [0.2, 0.25) is 8.32 Å². The second-order valence-electron chi connectivity index (χ2n) is 6.47. The van der Waals surface area contributed by atoms with Gasteiger partial charge >= 0.3 is 5.97 Å². The summed E-state index contributed by atoms with van der Waals surface area (Å²) in [6.45, 7) is 15.0. The molecular formula is C12H29NO2SSi2. The molecule has 0 amide bonds. The van der Waals surface area contributed by atoms with E-state index in [2.05, 4.69) is 51.2 Å². The van der Waals surface area contributed by atoms with Crippen LogP contribution in [0.2, 0.25) is 39.3 Å². The molecule has 0 heterocycles. The van der Waals surface area contributed by atoms with Crippen LogP contribution in [0.1, 0.15) is 13.3 Å². The Morgan fingerprint density at radius 2 is 1.78 bits per heavy atom. The van der Waals surface area contributed by atoms with Crippen LogP contribution in [-0.4, -0.2) is 40.1 Å². The first-order valence-electron chi connectivity index (χ1n) is 6.63. The quantitative estimate of drug-likeness (QED) is 0.551. The largest absolute Gasteiger partial charge is 0.519 e. The third-order valence-electron chi connectivity index (χ3n) is 2.05. The van der Waals surface area contributed by atoms with Gasteiger partial charge in [-0.2, -0.15) is 11.8 Å². The number of rotatable bonds is 8. The molecule has 1 N–H and O–H groups in total. The maximum Gasteiger partial charge on any atom is 0.309 e. The van der Waals surface area contributed by atoms with E-state index in [4.69, 9.17) is 4.43 Å². The van der Waals surface area contributed by atoms with Gasteiger partial charge in [-0.25, -0.2) is 0 Å². The van der Waals surface area contributed by atoms with Gasteiger partial charge in [0.25, 0.3) is 0 Å². The van der Waals surface area contributed by atoms with Crippen LogP contribution < -0.4 is 4.98 Å². The molecule has 1 atom stereocenters. The van der Waals surface area contributed by atoms with E-state index >= 15 is 0 Å². The van der Waals surface area contributed by atoms with E-state index in [0.717, 1.165) is 17.9 Å². The van der Waals surface area contributed by atoms with Crippen molar-refractivity contribution in [3.63, 3.8) is 0 Å². The number of hydrogen-bond acceptors (Lipinski definition) is 4. The molecule has 108 valence electrons. The van der Waals surface area contributed by atoms with Gasteiger partial charge in [0.05, 0.1) is 6.04 Å². The normalized spacial score (nSPS) is 14.4. The number of carbonyl (C=O) groups excluding carboxylic acids is 1. The Kier molecular flexibility index (Phi) is 7.81. The SMILES string of the molecule is CCSCC[C@@H](N[Si](C)(C)C)C(=O)O[Si](C)(C)C. The Balaban J connectivity index is 4.49. The van der Waals surface area contributed by atoms with Crippen molar-refractivity contribution in [2.45, 2.75) is 58.7 Å². The topological polar surface area (TPSA) is 38.3 Å². The predicted molar refractivity (Wildman–Crippen MR) is 87.3 cm³/mol. The Labute approximate surface area is 119 Å². The molecule has 0 spiro atoms. The predicted octanol–water partition coefficient (Wildman–Crippen LogP) is 3.30. The fraction of sp³-hybridized carbons (Fsp3) is 0.917. The zero-order valence-corrected chi connectivity index (χ0v) is 15.7. The molecule has 0 fully saturated rings. The lowest BCUT2D eigenvalue weighted by Gasteiger charge is -2.28. The molecule has 0 unspecified atom stereocenters. The van der Waals surface area contributed by atoms with Crippen LogP contribution in [0.5, 0.6) is 0 Å². The Bertz CT molecular complexity index is 262. The number of carbonyl (C=O) groups is 1. The van der Waals surface area contributed by atoms with Crippen molar-refractivity contribution in [2.24, 2.45) is 0 Å². The number of nitrogens with one attached hydrogen (secondary N) is 1.